The summed E-state index contributed by atoms with van der Waals surface area (Å²) in [5.74, 6) is 0. The highest BCUT2D eigenvalue weighted by Crippen LogP contribution is 2.33. The number of hydrogen-bond donors (Lipinski definition) is 1. The van der Waals surface area contributed by atoms with Crippen LogP contribution in [0.5, 0.6) is 0 Å². The Morgan fingerprint density at radius 1 is 1.10 bits per heavy atom. The van der Waals surface area contributed by atoms with Crippen molar-refractivity contribution in [3.05, 3.63) is 35.9 Å². The van der Waals surface area contributed by atoms with Crippen molar-refractivity contribution in [2.24, 2.45) is 5.73 Å². The average Bonchev–Trinajstić information content (AvgIpc) is 2.51. The predicted octanol–water partition coefficient (Wildman–Crippen LogP) is 2.67. The first kappa shape index (κ1) is 16.5. The highest BCUT2D eigenvalue weighted by Gasteiger charge is 2.38. The molecule has 1 heterocycles. The Morgan fingerprint density at radius 3 is 2.24 bits per heavy atom. The molecule has 2 atom stereocenters. The van der Waals surface area contributed by atoms with Gasteiger partial charge in [0.1, 0.15) is 0 Å². The van der Waals surface area contributed by atoms with Gasteiger partial charge in [-0.1, -0.05) is 50.6 Å². The average molecular weight is 289 g/mol. The van der Waals surface area contributed by atoms with E-state index in [9.17, 15) is 0 Å². The first-order chi connectivity index (χ1) is 10.1. The number of hydrogen-bond acceptors (Lipinski definition) is 3. The van der Waals surface area contributed by atoms with E-state index in [4.69, 9.17) is 5.73 Å². The van der Waals surface area contributed by atoms with Crippen LogP contribution in [0.2, 0.25) is 0 Å². The molecule has 2 N–H and O–H groups in total. The van der Waals surface area contributed by atoms with Crippen LogP contribution in [0.4, 0.5) is 0 Å². The Bertz CT molecular complexity index is 412. The van der Waals surface area contributed by atoms with Gasteiger partial charge in [-0.3, -0.25) is 4.90 Å². The summed E-state index contributed by atoms with van der Waals surface area (Å²) in [6, 6.07) is 11.1. The molecular weight excluding hydrogens is 258 g/mol. The summed E-state index contributed by atoms with van der Waals surface area (Å²) < 4.78 is 0. The van der Waals surface area contributed by atoms with Gasteiger partial charge >= 0.3 is 0 Å². The molecule has 1 aromatic rings. The molecule has 1 saturated heterocycles. The molecule has 0 bridgehead atoms. The second kappa shape index (κ2) is 7.39. The maximum atomic E-state index is 6.99. The Kier molecular flexibility index (Phi) is 5.80. The van der Waals surface area contributed by atoms with Crippen LogP contribution in [-0.4, -0.2) is 49.1 Å². The summed E-state index contributed by atoms with van der Waals surface area (Å²) in [4.78, 5) is 5.02. The summed E-state index contributed by atoms with van der Waals surface area (Å²) in [5.41, 5.74) is 8.05. The number of rotatable bonds is 6. The fourth-order valence-electron chi connectivity index (χ4n) is 3.75. The van der Waals surface area contributed by atoms with Gasteiger partial charge in [-0.2, -0.15) is 0 Å². The summed E-state index contributed by atoms with van der Waals surface area (Å²) in [6.07, 6.45) is 3.27. The lowest BCUT2D eigenvalue weighted by atomic mass is 9.78. The first-order valence-corrected chi connectivity index (χ1v) is 8.38. The molecule has 1 aliphatic heterocycles. The standard InChI is InChI=1S/C18H31N3/c1-4-11-18(19,16-9-7-6-8-10-16)17(5-2)21-14-12-20(3)13-15-21/h6-10,17H,4-5,11-15,19H2,1-3H3. The maximum absolute atomic E-state index is 6.99. The SMILES string of the molecule is CCCC(N)(c1ccccc1)C(CC)N1CCN(C)CC1. The second-order valence-corrected chi connectivity index (χ2v) is 6.42. The zero-order valence-electron chi connectivity index (χ0n) is 13.9. The van der Waals surface area contributed by atoms with Crippen LogP contribution >= 0.6 is 0 Å². The summed E-state index contributed by atoms with van der Waals surface area (Å²) in [5, 5.41) is 0. The Morgan fingerprint density at radius 2 is 1.71 bits per heavy atom. The monoisotopic (exact) mass is 289 g/mol. The number of benzene rings is 1. The minimum absolute atomic E-state index is 0.235. The van der Waals surface area contributed by atoms with E-state index >= 15 is 0 Å². The molecule has 0 saturated carbocycles. The maximum Gasteiger partial charge on any atom is 0.0567 e. The number of likely N-dealkylation sites (N-methyl/N-ethyl adjacent to an activating group) is 1. The number of nitrogens with two attached hydrogens (primary N) is 1. The van der Waals surface area contributed by atoms with Crippen LogP contribution < -0.4 is 5.73 Å². The van der Waals surface area contributed by atoms with Gasteiger partial charge in [-0.25, -0.2) is 0 Å². The van der Waals surface area contributed by atoms with Gasteiger partial charge in [0.2, 0.25) is 0 Å². The molecule has 0 amide bonds. The highest BCUT2D eigenvalue weighted by atomic mass is 15.3. The first-order valence-electron chi connectivity index (χ1n) is 8.38. The molecule has 1 fully saturated rings. The van der Waals surface area contributed by atoms with E-state index in [2.05, 4.69) is 61.0 Å². The van der Waals surface area contributed by atoms with E-state index in [1.165, 1.54) is 5.56 Å². The van der Waals surface area contributed by atoms with Gasteiger partial charge in [0.15, 0.2) is 0 Å². The van der Waals surface area contributed by atoms with Crippen LogP contribution in [-0.2, 0) is 5.54 Å². The molecule has 0 aromatic heterocycles. The predicted molar refractivity (Wildman–Crippen MR) is 90.4 cm³/mol. The lowest BCUT2D eigenvalue weighted by Gasteiger charge is -2.47. The third-order valence-electron chi connectivity index (χ3n) is 4.93. The quantitative estimate of drug-likeness (QED) is 0.874. The Hall–Kier alpha value is -0.900. The smallest absolute Gasteiger partial charge is 0.0567 e. The van der Waals surface area contributed by atoms with Gasteiger partial charge in [0.05, 0.1) is 5.54 Å². The van der Waals surface area contributed by atoms with Crippen molar-refractivity contribution in [3.63, 3.8) is 0 Å². The minimum atomic E-state index is -0.235. The third-order valence-corrected chi connectivity index (χ3v) is 4.93. The fourth-order valence-corrected chi connectivity index (χ4v) is 3.75. The van der Waals surface area contributed by atoms with Crippen LogP contribution in [0.25, 0.3) is 0 Å². The van der Waals surface area contributed by atoms with Crippen LogP contribution in [0.3, 0.4) is 0 Å². The topological polar surface area (TPSA) is 32.5 Å². The van der Waals surface area contributed by atoms with Crippen molar-refractivity contribution in [1.29, 1.82) is 0 Å². The van der Waals surface area contributed by atoms with E-state index in [0.717, 1.165) is 45.4 Å². The molecule has 0 spiro atoms. The van der Waals surface area contributed by atoms with Crippen molar-refractivity contribution in [2.45, 2.75) is 44.7 Å². The van der Waals surface area contributed by atoms with Crippen molar-refractivity contribution in [1.82, 2.24) is 9.80 Å². The normalized spacial score (nSPS) is 21.9. The molecule has 0 radical (unpaired) electrons. The van der Waals surface area contributed by atoms with Gasteiger partial charge < -0.3 is 10.6 Å². The zero-order chi connectivity index (χ0) is 15.3. The van der Waals surface area contributed by atoms with Gasteiger partial charge in [-0.15, -0.1) is 0 Å². The molecule has 2 rings (SSSR count). The van der Waals surface area contributed by atoms with Crippen molar-refractivity contribution in [2.75, 3.05) is 33.2 Å². The zero-order valence-corrected chi connectivity index (χ0v) is 13.9. The third kappa shape index (κ3) is 3.65. The molecule has 21 heavy (non-hydrogen) atoms. The molecule has 1 aromatic carbocycles. The largest absolute Gasteiger partial charge is 0.320 e. The molecule has 118 valence electrons. The van der Waals surface area contributed by atoms with E-state index in [0.29, 0.717) is 6.04 Å². The number of piperazine rings is 1. The van der Waals surface area contributed by atoms with Crippen LogP contribution in [0.1, 0.15) is 38.7 Å². The Balaban J connectivity index is 2.26. The van der Waals surface area contributed by atoms with Crippen LogP contribution in [0.15, 0.2) is 30.3 Å². The molecule has 0 aliphatic carbocycles. The van der Waals surface area contributed by atoms with E-state index in [1.54, 1.807) is 0 Å². The molecule has 1 aliphatic rings. The lowest BCUT2D eigenvalue weighted by Crippen LogP contribution is -2.60. The van der Waals surface area contributed by atoms with Crippen molar-refractivity contribution < 1.29 is 0 Å². The van der Waals surface area contributed by atoms with Gasteiger partial charge in [0, 0.05) is 32.2 Å². The van der Waals surface area contributed by atoms with E-state index < -0.39 is 0 Å². The van der Waals surface area contributed by atoms with E-state index in [1.807, 2.05) is 0 Å². The van der Waals surface area contributed by atoms with Crippen LogP contribution in [0, 0.1) is 0 Å². The van der Waals surface area contributed by atoms with Gasteiger partial charge in [-0.05, 0) is 25.5 Å². The summed E-state index contributed by atoms with van der Waals surface area (Å²) in [6.45, 7) is 9.07. The minimum Gasteiger partial charge on any atom is -0.320 e. The second-order valence-electron chi connectivity index (χ2n) is 6.42. The van der Waals surface area contributed by atoms with Crippen molar-refractivity contribution >= 4 is 0 Å². The highest BCUT2D eigenvalue weighted by molar-refractivity contribution is 5.26. The molecule has 3 nitrogen and oxygen atoms in total. The summed E-state index contributed by atoms with van der Waals surface area (Å²) >= 11 is 0. The Labute approximate surface area is 130 Å². The summed E-state index contributed by atoms with van der Waals surface area (Å²) in [7, 11) is 2.21. The van der Waals surface area contributed by atoms with E-state index in [-0.39, 0.29) is 5.54 Å². The fraction of sp³-hybridized carbons (Fsp3) is 0.667. The van der Waals surface area contributed by atoms with Crippen molar-refractivity contribution in [3.8, 4) is 0 Å². The lowest BCUT2D eigenvalue weighted by molar-refractivity contribution is 0.0596. The molecular formula is C18H31N3. The molecule has 2 unspecified atom stereocenters. The molecule has 3 heteroatoms. The van der Waals surface area contributed by atoms with Gasteiger partial charge in [0.25, 0.3) is 0 Å². The number of nitrogens with zero attached hydrogens (tertiary/aromatic N) is 2.